The van der Waals surface area contributed by atoms with Gasteiger partial charge in [0.15, 0.2) is 0 Å². The molecule has 0 spiro atoms. The summed E-state index contributed by atoms with van der Waals surface area (Å²) in [5.74, 6) is -0.171. The van der Waals surface area contributed by atoms with E-state index >= 15 is 0 Å². The zero-order valence-electron chi connectivity index (χ0n) is 8.66. The van der Waals surface area contributed by atoms with Gasteiger partial charge in [0.05, 0.1) is 6.61 Å². The van der Waals surface area contributed by atoms with Crippen LogP contribution in [0.3, 0.4) is 0 Å². The third-order valence-electron chi connectivity index (χ3n) is 2.07. The Morgan fingerprint density at radius 1 is 1.50 bits per heavy atom. The van der Waals surface area contributed by atoms with Crippen molar-refractivity contribution in [2.75, 3.05) is 13.7 Å². The molecule has 0 unspecified atom stereocenters. The number of nitrogens with two attached hydrogens (primary N) is 1. The van der Waals surface area contributed by atoms with Crippen LogP contribution in [0.25, 0.3) is 0 Å². The van der Waals surface area contributed by atoms with Crippen molar-refractivity contribution in [2.24, 2.45) is 0 Å². The number of methoxy groups -OCH3 is 1. The van der Waals surface area contributed by atoms with Gasteiger partial charge < -0.3 is 10.1 Å². The molecule has 0 radical (unpaired) electrons. The van der Waals surface area contributed by atoms with Crippen molar-refractivity contribution in [3.05, 3.63) is 35.6 Å². The average Bonchev–Trinajstić information content (AvgIpc) is 2.15. The summed E-state index contributed by atoms with van der Waals surface area (Å²) >= 11 is 0. The maximum absolute atomic E-state index is 12.8. The third-order valence-corrected chi connectivity index (χ3v) is 2.07. The molecule has 1 rings (SSSR count). The predicted molar refractivity (Wildman–Crippen MR) is 53.4 cm³/mol. The highest BCUT2D eigenvalue weighted by Crippen LogP contribution is 2.01. The molecular formula is C11H17FNO+. The van der Waals surface area contributed by atoms with Gasteiger partial charge in [-0.2, -0.15) is 0 Å². The minimum Gasteiger partial charge on any atom is -0.379 e. The maximum atomic E-state index is 12.8. The van der Waals surface area contributed by atoms with E-state index in [2.05, 4.69) is 12.2 Å². The average molecular weight is 198 g/mol. The van der Waals surface area contributed by atoms with Gasteiger partial charge in [0, 0.05) is 12.7 Å². The summed E-state index contributed by atoms with van der Waals surface area (Å²) in [6.07, 6.45) is 0. The Balaban J connectivity index is 2.37. The second kappa shape index (κ2) is 5.73. The molecule has 0 heterocycles. The van der Waals surface area contributed by atoms with Gasteiger partial charge in [-0.05, 0) is 19.1 Å². The Labute approximate surface area is 84.1 Å². The molecule has 0 aliphatic rings. The molecule has 1 atom stereocenters. The largest absolute Gasteiger partial charge is 0.379 e. The van der Waals surface area contributed by atoms with Crippen molar-refractivity contribution in [1.29, 1.82) is 0 Å². The van der Waals surface area contributed by atoms with E-state index in [1.165, 1.54) is 6.07 Å². The highest BCUT2D eigenvalue weighted by molar-refractivity contribution is 5.14. The molecule has 2 N–H and O–H groups in total. The van der Waals surface area contributed by atoms with Gasteiger partial charge >= 0.3 is 0 Å². The first kappa shape index (κ1) is 11.1. The van der Waals surface area contributed by atoms with Crippen LogP contribution in [0.2, 0.25) is 0 Å². The standard InChI is InChI=1S/C11H16FNO/c1-9(8-14-2)13-7-10-4-3-5-11(12)6-10/h3-6,9,13H,7-8H2,1-2H3/p+1/t9-/m1/s1. The Morgan fingerprint density at radius 2 is 2.29 bits per heavy atom. The van der Waals surface area contributed by atoms with Crippen LogP contribution in [0.1, 0.15) is 12.5 Å². The van der Waals surface area contributed by atoms with Crippen LogP contribution >= 0.6 is 0 Å². The van der Waals surface area contributed by atoms with Crippen molar-refractivity contribution in [3.63, 3.8) is 0 Å². The molecule has 0 bridgehead atoms. The summed E-state index contributed by atoms with van der Waals surface area (Å²) in [5.41, 5.74) is 1.01. The minimum atomic E-state index is -0.171. The van der Waals surface area contributed by atoms with Crippen molar-refractivity contribution < 1.29 is 14.4 Å². The number of hydrogen-bond donors (Lipinski definition) is 1. The van der Waals surface area contributed by atoms with Gasteiger partial charge in [-0.1, -0.05) is 12.1 Å². The molecule has 0 aromatic heterocycles. The number of benzene rings is 1. The van der Waals surface area contributed by atoms with Crippen LogP contribution in [-0.4, -0.2) is 19.8 Å². The second-order valence-corrected chi connectivity index (χ2v) is 3.50. The number of rotatable bonds is 5. The Hall–Kier alpha value is -0.930. The molecule has 0 saturated heterocycles. The highest BCUT2D eigenvalue weighted by atomic mass is 19.1. The van der Waals surface area contributed by atoms with Crippen molar-refractivity contribution in [1.82, 2.24) is 0 Å². The van der Waals surface area contributed by atoms with E-state index in [4.69, 9.17) is 4.74 Å². The molecule has 1 aromatic rings. The van der Waals surface area contributed by atoms with Crippen LogP contribution in [0.15, 0.2) is 24.3 Å². The Morgan fingerprint density at radius 3 is 2.93 bits per heavy atom. The lowest BCUT2D eigenvalue weighted by atomic mass is 10.2. The molecule has 0 aliphatic carbocycles. The smallest absolute Gasteiger partial charge is 0.123 e. The lowest BCUT2D eigenvalue weighted by Gasteiger charge is -2.09. The fourth-order valence-corrected chi connectivity index (χ4v) is 1.33. The molecule has 0 aliphatic heterocycles. The van der Waals surface area contributed by atoms with Crippen molar-refractivity contribution >= 4 is 0 Å². The summed E-state index contributed by atoms with van der Waals surface area (Å²) in [5, 5.41) is 2.14. The number of halogens is 1. The SMILES string of the molecule is COC[C@@H](C)[NH2+]Cc1cccc(F)c1. The Kier molecular flexibility index (Phi) is 4.56. The van der Waals surface area contributed by atoms with E-state index in [1.54, 1.807) is 19.2 Å². The van der Waals surface area contributed by atoms with Crippen LogP contribution in [0.5, 0.6) is 0 Å². The number of quaternary nitrogens is 1. The van der Waals surface area contributed by atoms with E-state index < -0.39 is 0 Å². The normalized spacial score (nSPS) is 12.8. The summed E-state index contributed by atoms with van der Waals surface area (Å²) in [7, 11) is 1.69. The van der Waals surface area contributed by atoms with Crippen molar-refractivity contribution in [3.8, 4) is 0 Å². The fourth-order valence-electron chi connectivity index (χ4n) is 1.33. The molecule has 0 saturated carbocycles. The molecule has 78 valence electrons. The Bertz CT molecular complexity index is 278. The van der Waals surface area contributed by atoms with Gasteiger partial charge in [0.2, 0.25) is 0 Å². The van der Waals surface area contributed by atoms with E-state index in [0.717, 1.165) is 18.7 Å². The van der Waals surface area contributed by atoms with Crippen LogP contribution in [0, 0.1) is 5.82 Å². The first-order valence-corrected chi connectivity index (χ1v) is 4.79. The fraction of sp³-hybridized carbons (Fsp3) is 0.455. The topological polar surface area (TPSA) is 25.8 Å². The van der Waals surface area contributed by atoms with Gasteiger partial charge in [-0.25, -0.2) is 4.39 Å². The van der Waals surface area contributed by atoms with E-state index in [0.29, 0.717) is 6.04 Å². The van der Waals surface area contributed by atoms with Gasteiger partial charge in [-0.3, -0.25) is 0 Å². The maximum Gasteiger partial charge on any atom is 0.123 e. The third kappa shape index (κ3) is 3.85. The summed E-state index contributed by atoms with van der Waals surface area (Å²) in [6.45, 7) is 3.60. The first-order chi connectivity index (χ1) is 6.72. The summed E-state index contributed by atoms with van der Waals surface area (Å²) in [6, 6.07) is 7.10. The molecule has 0 amide bonds. The lowest BCUT2D eigenvalue weighted by Crippen LogP contribution is -2.88. The van der Waals surface area contributed by atoms with Gasteiger partial charge in [0.1, 0.15) is 18.4 Å². The number of ether oxygens (including phenoxy) is 1. The quantitative estimate of drug-likeness (QED) is 0.748. The van der Waals surface area contributed by atoms with Crippen LogP contribution < -0.4 is 5.32 Å². The summed E-state index contributed by atoms with van der Waals surface area (Å²) in [4.78, 5) is 0. The van der Waals surface area contributed by atoms with Crippen LogP contribution in [0.4, 0.5) is 4.39 Å². The zero-order chi connectivity index (χ0) is 10.4. The van der Waals surface area contributed by atoms with Gasteiger partial charge in [-0.15, -0.1) is 0 Å². The monoisotopic (exact) mass is 198 g/mol. The molecular weight excluding hydrogens is 181 g/mol. The molecule has 0 fully saturated rings. The molecule has 14 heavy (non-hydrogen) atoms. The lowest BCUT2D eigenvalue weighted by molar-refractivity contribution is -0.702. The minimum absolute atomic E-state index is 0.171. The first-order valence-electron chi connectivity index (χ1n) is 4.79. The highest BCUT2D eigenvalue weighted by Gasteiger charge is 2.04. The molecule has 3 heteroatoms. The molecule has 1 aromatic carbocycles. The predicted octanol–water partition coefficient (Wildman–Crippen LogP) is 0.924. The second-order valence-electron chi connectivity index (χ2n) is 3.50. The summed E-state index contributed by atoms with van der Waals surface area (Å²) < 4.78 is 17.8. The van der Waals surface area contributed by atoms with Crippen LogP contribution in [-0.2, 0) is 11.3 Å². The zero-order valence-corrected chi connectivity index (χ0v) is 8.66. The van der Waals surface area contributed by atoms with E-state index in [9.17, 15) is 4.39 Å². The van der Waals surface area contributed by atoms with E-state index in [-0.39, 0.29) is 5.82 Å². The van der Waals surface area contributed by atoms with E-state index in [1.807, 2.05) is 6.07 Å². The number of hydrogen-bond acceptors (Lipinski definition) is 1. The molecule has 2 nitrogen and oxygen atoms in total. The van der Waals surface area contributed by atoms with Crippen molar-refractivity contribution in [2.45, 2.75) is 19.5 Å². The van der Waals surface area contributed by atoms with Gasteiger partial charge in [0.25, 0.3) is 0 Å².